The minimum atomic E-state index is 0.971. The molecule has 0 saturated carbocycles. The Kier molecular flexibility index (Phi) is 4.18. The quantitative estimate of drug-likeness (QED) is 0.697. The Hall–Kier alpha value is -2.76. The van der Waals surface area contributed by atoms with Gasteiger partial charge in [0, 0.05) is 47.9 Å². The Balaban J connectivity index is 1.42. The standard InChI is InChI=1S/C22H20N2/c1-2-6-18(7-3-1)10-11-19-12-14-24(15-13-19)17-20-16-23-22-9-5-4-8-21(20)22/h1-9,12,16,23H,13-15,17H2. The molecule has 0 radical (unpaired) electrons. The van der Waals surface area contributed by atoms with Crippen LogP contribution in [0.25, 0.3) is 10.9 Å². The van der Waals surface area contributed by atoms with E-state index in [-0.39, 0.29) is 0 Å². The fraction of sp³-hybridized carbons (Fsp3) is 0.182. The highest BCUT2D eigenvalue weighted by atomic mass is 15.1. The Morgan fingerprint density at radius 2 is 1.79 bits per heavy atom. The van der Waals surface area contributed by atoms with Gasteiger partial charge < -0.3 is 4.98 Å². The molecule has 2 nitrogen and oxygen atoms in total. The van der Waals surface area contributed by atoms with Crippen LogP contribution in [0.4, 0.5) is 0 Å². The second-order valence-electron chi connectivity index (χ2n) is 6.19. The molecule has 1 aliphatic heterocycles. The molecule has 0 fully saturated rings. The molecular weight excluding hydrogens is 292 g/mol. The van der Waals surface area contributed by atoms with Gasteiger partial charge in [-0.1, -0.05) is 54.3 Å². The average molecular weight is 312 g/mol. The van der Waals surface area contributed by atoms with E-state index in [1.54, 1.807) is 0 Å². The van der Waals surface area contributed by atoms with Crippen molar-refractivity contribution >= 4 is 10.9 Å². The van der Waals surface area contributed by atoms with Crippen molar-refractivity contribution in [3.05, 3.63) is 83.6 Å². The molecule has 2 heteroatoms. The number of nitrogens with one attached hydrogen (secondary N) is 1. The molecule has 1 N–H and O–H groups in total. The first-order valence-corrected chi connectivity index (χ1v) is 8.42. The first-order chi connectivity index (χ1) is 11.9. The minimum absolute atomic E-state index is 0.971. The lowest BCUT2D eigenvalue weighted by Crippen LogP contribution is -2.28. The predicted molar refractivity (Wildman–Crippen MR) is 99.6 cm³/mol. The van der Waals surface area contributed by atoms with E-state index >= 15 is 0 Å². The smallest absolute Gasteiger partial charge is 0.0457 e. The highest BCUT2D eigenvalue weighted by molar-refractivity contribution is 5.82. The molecule has 1 aliphatic rings. The van der Waals surface area contributed by atoms with Crippen molar-refractivity contribution in [2.75, 3.05) is 13.1 Å². The molecule has 0 saturated heterocycles. The van der Waals surface area contributed by atoms with Crippen LogP contribution in [0.3, 0.4) is 0 Å². The predicted octanol–water partition coefficient (Wildman–Crippen LogP) is 4.35. The molecule has 0 bridgehead atoms. The van der Waals surface area contributed by atoms with Crippen molar-refractivity contribution in [3.8, 4) is 11.8 Å². The monoisotopic (exact) mass is 312 g/mol. The summed E-state index contributed by atoms with van der Waals surface area (Å²) in [6.07, 6.45) is 5.44. The molecule has 0 unspecified atom stereocenters. The van der Waals surface area contributed by atoms with E-state index in [4.69, 9.17) is 0 Å². The molecule has 24 heavy (non-hydrogen) atoms. The number of fused-ring (bicyclic) bond motifs is 1. The second-order valence-corrected chi connectivity index (χ2v) is 6.19. The fourth-order valence-corrected chi connectivity index (χ4v) is 3.15. The van der Waals surface area contributed by atoms with Gasteiger partial charge in [-0.15, -0.1) is 0 Å². The maximum absolute atomic E-state index is 3.36. The van der Waals surface area contributed by atoms with Crippen LogP contribution in [0.15, 0.2) is 72.4 Å². The number of nitrogens with zero attached hydrogens (tertiary/aromatic N) is 1. The van der Waals surface area contributed by atoms with Crippen LogP contribution in [0, 0.1) is 11.8 Å². The van der Waals surface area contributed by atoms with Gasteiger partial charge in [0.05, 0.1) is 0 Å². The van der Waals surface area contributed by atoms with Crippen molar-refractivity contribution in [1.82, 2.24) is 9.88 Å². The molecule has 2 heterocycles. The van der Waals surface area contributed by atoms with Gasteiger partial charge in [0.2, 0.25) is 0 Å². The van der Waals surface area contributed by atoms with Crippen molar-refractivity contribution < 1.29 is 0 Å². The highest BCUT2D eigenvalue weighted by Crippen LogP contribution is 2.21. The Labute approximate surface area is 142 Å². The number of rotatable bonds is 2. The summed E-state index contributed by atoms with van der Waals surface area (Å²) in [5, 5.41) is 1.33. The molecule has 4 rings (SSSR count). The number of H-pyrrole nitrogens is 1. The maximum Gasteiger partial charge on any atom is 0.0457 e. The number of para-hydroxylation sites is 1. The summed E-state index contributed by atoms with van der Waals surface area (Å²) in [6, 6.07) is 18.7. The van der Waals surface area contributed by atoms with Crippen LogP contribution in [-0.2, 0) is 6.54 Å². The van der Waals surface area contributed by atoms with Crippen molar-refractivity contribution in [2.45, 2.75) is 13.0 Å². The van der Waals surface area contributed by atoms with Crippen LogP contribution in [0.5, 0.6) is 0 Å². The van der Waals surface area contributed by atoms with Crippen LogP contribution in [0.1, 0.15) is 17.5 Å². The van der Waals surface area contributed by atoms with E-state index in [9.17, 15) is 0 Å². The average Bonchev–Trinajstić information content (AvgIpc) is 3.05. The van der Waals surface area contributed by atoms with Gasteiger partial charge in [-0.05, 0) is 30.2 Å². The third-order valence-electron chi connectivity index (χ3n) is 4.50. The molecule has 0 atom stereocenters. The largest absolute Gasteiger partial charge is 0.361 e. The first kappa shape index (κ1) is 14.8. The van der Waals surface area contributed by atoms with Gasteiger partial charge in [-0.3, -0.25) is 4.90 Å². The number of hydrogen-bond donors (Lipinski definition) is 1. The Morgan fingerprint density at radius 1 is 0.958 bits per heavy atom. The number of benzene rings is 2. The van der Waals surface area contributed by atoms with Crippen molar-refractivity contribution in [3.63, 3.8) is 0 Å². The molecule has 0 aliphatic carbocycles. The summed E-state index contributed by atoms with van der Waals surface area (Å²) in [5.74, 6) is 6.58. The molecule has 118 valence electrons. The zero-order valence-corrected chi connectivity index (χ0v) is 13.6. The van der Waals surface area contributed by atoms with Crippen LogP contribution < -0.4 is 0 Å². The Morgan fingerprint density at radius 3 is 2.62 bits per heavy atom. The summed E-state index contributed by atoms with van der Waals surface area (Å²) in [7, 11) is 0. The summed E-state index contributed by atoms with van der Waals surface area (Å²) in [6.45, 7) is 3.02. The highest BCUT2D eigenvalue weighted by Gasteiger charge is 2.13. The van der Waals surface area contributed by atoms with E-state index in [0.29, 0.717) is 0 Å². The summed E-state index contributed by atoms with van der Waals surface area (Å²) >= 11 is 0. The van der Waals surface area contributed by atoms with Crippen LogP contribution in [-0.4, -0.2) is 23.0 Å². The second kappa shape index (κ2) is 6.78. The van der Waals surface area contributed by atoms with E-state index in [0.717, 1.165) is 31.6 Å². The molecule has 0 amide bonds. The van der Waals surface area contributed by atoms with Crippen LogP contribution in [0.2, 0.25) is 0 Å². The lowest BCUT2D eigenvalue weighted by Gasteiger charge is -2.24. The van der Waals surface area contributed by atoms with Crippen molar-refractivity contribution in [2.24, 2.45) is 0 Å². The lowest BCUT2D eigenvalue weighted by atomic mass is 10.1. The van der Waals surface area contributed by atoms with Gasteiger partial charge in [-0.25, -0.2) is 0 Å². The maximum atomic E-state index is 3.36. The van der Waals surface area contributed by atoms with Gasteiger partial charge in [0.25, 0.3) is 0 Å². The first-order valence-electron chi connectivity index (χ1n) is 8.42. The third kappa shape index (κ3) is 3.27. The summed E-state index contributed by atoms with van der Waals surface area (Å²) < 4.78 is 0. The van der Waals surface area contributed by atoms with E-state index < -0.39 is 0 Å². The number of aromatic amines is 1. The number of hydrogen-bond acceptors (Lipinski definition) is 1. The SMILES string of the molecule is C(#Cc1ccccc1)C1=CCN(Cc2c[nH]c3ccccc23)CC1. The lowest BCUT2D eigenvalue weighted by molar-refractivity contribution is 0.289. The van der Waals surface area contributed by atoms with Crippen molar-refractivity contribution in [1.29, 1.82) is 0 Å². The zero-order chi connectivity index (χ0) is 16.2. The molecule has 1 aromatic heterocycles. The van der Waals surface area contributed by atoms with E-state index in [2.05, 4.69) is 70.4 Å². The third-order valence-corrected chi connectivity index (χ3v) is 4.50. The normalized spacial score (nSPS) is 14.9. The van der Waals surface area contributed by atoms with Gasteiger partial charge in [0.1, 0.15) is 0 Å². The summed E-state index contributed by atoms with van der Waals surface area (Å²) in [5.41, 5.74) is 4.93. The van der Waals surface area contributed by atoms with Gasteiger partial charge in [-0.2, -0.15) is 0 Å². The molecular formula is C22H20N2. The zero-order valence-electron chi connectivity index (χ0n) is 13.6. The molecule has 2 aromatic carbocycles. The fourth-order valence-electron chi connectivity index (χ4n) is 3.15. The Bertz CT molecular complexity index is 923. The van der Waals surface area contributed by atoms with E-state index in [1.165, 1.54) is 22.0 Å². The molecule has 0 spiro atoms. The minimum Gasteiger partial charge on any atom is -0.361 e. The summed E-state index contributed by atoms with van der Waals surface area (Å²) in [4.78, 5) is 5.84. The topological polar surface area (TPSA) is 19.0 Å². The van der Waals surface area contributed by atoms with Gasteiger partial charge >= 0.3 is 0 Å². The molecule has 3 aromatic rings. The van der Waals surface area contributed by atoms with Gasteiger partial charge in [0.15, 0.2) is 0 Å². The number of aromatic nitrogens is 1. The van der Waals surface area contributed by atoms with Crippen LogP contribution >= 0.6 is 0 Å². The van der Waals surface area contributed by atoms with E-state index in [1.807, 2.05) is 18.2 Å².